The average molecular weight is 305 g/mol. The Labute approximate surface area is 129 Å². The third-order valence-electron chi connectivity index (χ3n) is 3.91. The molecule has 2 aromatic rings. The fourth-order valence-electron chi connectivity index (χ4n) is 2.38. The molecule has 0 saturated carbocycles. The van der Waals surface area contributed by atoms with E-state index in [1.165, 1.54) is 0 Å². The largest absolute Gasteiger partial charge is 0.394 e. The number of aromatic amines is 1. The lowest BCUT2D eigenvalue weighted by Gasteiger charge is -2.19. The normalized spacial score (nSPS) is 12.7. The molecule has 0 aliphatic heterocycles. The summed E-state index contributed by atoms with van der Waals surface area (Å²) in [7, 11) is 1.88. The Bertz CT molecular complexity index is 672. The molecule has 7 heteroatoms. The summed E-state index contributed by atoms with van der Waals surface area (Å²) in [6.45, 7) is 7.68. The molecule has 2 aromatic heterocycles. The van der Waals surface area contributed by atoms with E-state index in [1.807, 2.05) is 34.7 Å². The minimum atomic E-state index is -0.277. The number of H-pyrrole nitrogens is 1. The summed E-state index contributed by atoms with van der Waals surface area (Å²) in [5.74, 6) is -0.121. The molecule has 0 aliphatic carbocycles. The minimum absolute atomic E-state index is 0.0920. The van der Waals surface area contributed by atoms with Crippen LogP contribution in [0.4, 0.5) is 0 Å². The molecule has 7 nitrogen and oxygen atoms in total. The van der Waals surface area contributed by atoms with Crippen LogP contribution >= 0.6 is 0 Å². The minimum Gasteiger partial charge on any atom is -0.394 e. The predicted molar refractivity (Wildman–Crippen MR) is 83.4 cm³/mol. The van der Waals surface area contributed by atoms with Gasteiger partial charge in [-0.25, -0.2) is 0 Å². The van der Waals surface area contributed by atoms with Gasteiger partial charge in [0.2, 0.25) is 0 Å². The SMILES string of the molecule is Cc1nn(C)c(C)c1-c1cc(C(=O)NC(CO)C(C)C)[nH]n1. The summed E-state index contributed by atoms with van der Waals surface area (Å²) in [6.07, 6.45) is 0. The number of nitrogens with zero attached hydrogens (tertiary/aromatic N) is 3. The highest BCUT2D eigenvalue weighted by Gasteiger charge is 2.20. The molecule has 0 spiro atoms. The molecule has 0 fully saturated rings. The quantitative estimate of drug-likeness (QED) is 0.772. The first kappa shape index (κ1) is 16.2. The van der Waals surface area contributed by atoms with Crippen molar-refractivity contribution in [2.45, 2.75) is 33.7 Å². The van der Waals surface area contributed by atoms with Crippen molar-refractivity contribution in [3.8, 4) is 11.3 Å². The topological polar surface area (TPSA) is 95.8 Å². The summed E-state index contributed by atoms with van der Waals surface area (Å²) in [4.78, 5) is 12.2. The molecule has 2 heterocycles. The molecule has 1 amide bonds. The van der Waals surface area contributed by atoms with Crippen LogP contribution in [0.15, 0.2) is 6.07 Å². The van der Waals surface area contributed by atoms with Crippen LogP contribution in [0.3, 0.4) is 0 Å². The highest BCUT2D eigenvalue weighted by atomic mass is 16.3. The van der Waals surface area contributed by atoms with Crippen LogP contribution in [0.25, 0.3) is 11.3 Å². The van der Waals surface area contributed by atoms with Gasteiger partial charge in [-0.1, -0.05) is 13.8 Å². The Hall–Kier alpha value is -2.15. The van der Waals surface area contributed by atoms with Gasteiger partial charge in [0.15, 0.2) is 0 Å². The number of amides is 1. The molecule has 22 heavy (non-hydrogen) atoms. The van der Waals surface area contributed by atoms with E-state index in [9.17, 15) is 9.90 Å². The van der Waals surface area contributed by atoms with Crippen LogP contribution in [0.1, 0.15) is 35.7 Å². The van der Waals surface area contributed by atoms with Gasteiger partial charge in [0.05, 0.1) is 24.0 Å². The summed E-state index contributed by atoms with van der Waals surface area (Å²) >= 11 is 0. The molecule has 0 radical (unpaired) electrons. The summed E-state index contributed by atoms with van der Waals surface area (Å²) < 4.78 is 1.79. The Morgan fingerprint density at radius 2 is 2.14 bits per heavy atom. The predicted octanol–water partition coefficient (Wildman–Crippen LogP) is 1.17. The van der Waals surface area contributed by atoms with Crippen molar-refractivity contribution in [3.05, 3.63) is 23.1 Å². The van der Waals surface area contributed by atoms with E-state index < -0.39 is 0 Å². The van der Waals surface area contributed by atoms with Gasteiger partial charge in [0, 0.05) is 18.3 Å². The van der Waals surface area contributed by atoms with E-state index >= 15 is 0 Å². The maximum absolute atomic E-state index is 12.2. The number of hydrogen-bond acceptors (Lipinski definition) is 4. The lowest BCUT2D eigenvalue weighted by molar-refractivity contribution is 0.0892. The highest BCUT2D eigenvalue weighted by molar-refractivity contribution is 5.93. The molecule has 0 saturated heterocycles. The third kappa shape index (κ3) is 3.04. The van der Waals surface area contributed by atoms with Crippen molar-refractivity contribution in [1.82, 2.24) is 25.3 Å². The molecule has 0 aliphatic rings. The zero-order chi connectivity index (χ0) is 16.4. The molecule has 2 rings (SSSR count). The monoisotopic (exact) mass is 305 g/mol. The fraction of sp³-hybridized carbons (Fsp3) is 0.533. The van der Waals surface area contributed by atoms with Gasteiger partial charge in [-0.05, 0) is 25.8 Å². The molecule has 3 N–H and O–H groups in total. The number of aliphatic hydroxyl groups excluding tert-OH is 1. The third-order valence-corrected chi connectivity index (χ3v) is 3.91. The number of aliphatic hydroxyl groups is 1. The Morgan fingerprint density at radius 3 is 2.64 bits per heavy atom. The fourth-order valence-corrected chi connectivity index (χ4v) is 2.38. The second-order valence-electron chi connectivity index (χ2n) is 5.84. The molecular formula is C15H23N5O2. The number of rotatable bonds is 5. The zero-order valence-corrected chi connectivity index (χ0v) is 13.6. The first-order chi connectivity index (χ1) is 10.3. The summed E-state index contributed by atoms with van der Waals surface area (Å²) in [5.41, 5.74) is 3.86. The van der Waals surface area contributed by atoms with Gasteiger partial charge < -0.3 is 10.4 Å². The molecule has 120 valence electrons. The van der Waals surface area contributed by atoms with Crippen molar-refractivity contribution in [3.63, 3.8) is 0 Å². The Balaban J connectivity index is 2.23. The van der Waals surface area contributed by atoms with E-state index in [2.05, 4.69) is 20.6 Å². The standard InChI is InChI=1S/C15H23N5O2/c1-8(2)13(7-21)16-15(22)12-6-11(17-18-12)14-9(3)19-20(5)10(14)4/h6,8,13,21H,7H2,1-5H3,(H,16,22)(H,17,18). The molecule has 1 atom stereocenters. The van der Waals surface area contributed by atoms with Crippen molar-refractivity contribution >= 4 is 5.91 Å². The van der Waals surface area contributed by atoms with Crippen LogP contribution in [-0.4, -0.2) is 43.6 Å². The average Bonchev–Trinajstić information content (AvgIpc) is 3.01. The lowest BCUT2D eigenvalue weighted by Crippen LogP contribution is -2.41. The van der Waals surface area contributed by atoms with Crippen LogP contribution < -0.4 is 5.32 Å². The van der Waals surface area contributed by atoms with Gasteiger partial charge in [-0.15, -0.1) is 0 Å². The van der Waals surface area contributed by atoms with Gasteiger partial charge in [-0.3, -0.25) is 14.6 Å². The van der Waals surface area contributed by atoms with Gasteiger partial charge in [-0.2, -0.15) is 10.2 Å². The van der Waals surface area contributed by atoms with E-state index in [1.54, 1.807) is 10.7 Å². The van der Waals surface area contributed by atoms with Crippen LogP contribution in [0.2, 0.25) is 0 Å². The number of aryl methyl sites for hydroxylation is 2. The number of hydrogen-bond donors (Lipinski definition) is 3. The van der Waals surface area contributed by atoms with Crippen LogP contribution in [0, 0.1) is 19.8 Å². The van der Waals surface area contributed by atoms with E-state index in [-0.39, 0.29) is 24.5 Å². The zero-order valence-electron chi connectivity index (χ0n) is 13.6. The molecule has 0 aromatic carbocycles. The van der Waals surface area contributed by atoms with E-state index in [4.69, 9.17) is 0 Å². The first-order valence-electron chi connectivity index (χ1n) is 7.32. The number of carbonyl (C=O) groups is 1. The number of aromatic nitrogens is 4. The highest BCUT2D eigenvalue weighted by Crippen LogP contribution is 2.25. The maximum atomic E-state index is 12.2. The number of nitrogens with one attached hydrogen (secondary N) is 2. The molecule has 1 unspecified atom stereocenters. The summed E-state index contributed by atoms with van der Waals surface area (Å²) in [6, 6.07) is 1.43. The van der Waals surface area contributed by atoms with Crippen LogP contribution in [-0.2, 0) is 7.05 Å². The van der Waals surface area contributed by atoms with Gasteiger partial charge in [0.1, 0.15) is 5.69 Å². The van der Waals surface area contributed by atoms with Gasteiger partial charge >= 0.3 is 0 Å². The lowest BCUT2D eigenvalue weighted by atomic mass is 10.1. The smallest absolute Gasteiger partial charge is 0.269 e. The first-order valence-corrected chi connectivity index (χ1v) is 7.32. The van der Waals surface area contributed by atoms with Crippen molar-refractivity contribution in [2.24, 2.45) is 13.0 Å². The summed E-state index contributed by atoms with van der Waals surface area (Å²) in [5, 5.41) is 23.4. The second-order valence-corrected chi connectivity index (χ2v) is 5.84. The second kappa shape index (κ2) is 6.31. The maximum Gasteiger partial charge on any atom is 0.269 e. The molecular weight excluding hydrogens is 282 g/mol. The Kier molecular flexibility index (Phi) is 4.65. The van der Waals surface area contributed by atoms with E-state index in [0.29, 0.717) is 11.4 Å². The van der Waals surface area contributed by atoms with Crippen molar-refractivity contribution in [1.29, 1.82) is 0 Å². The Morgan fingerprint density at radius 1 is 1.45 bits per heavy atom. The molecule has 0 bridgehead atoms. The van der Waals surface area contributed by atoms with Crippen molar-refractivity contribution in [2.75, 3.05) is 6.61 Å². The number of carbonyl (C=O) groups excluding carboxylic acids is 1. The van der Waals surface area contributed by atoms with Crippen LogP contribution in [0.5, 0.6) is 0 Å². The van der Waals surface area contributed by atoms with Crippen molar-refractivity contribution < 1.29 is 9.90 Å². The van der Waals surface area contributed by atoms with Gasteiger partial charge in [0.25, 0.3) is 5.91 Å². The van der Waals surface area contributed by atoms with E-state index in [0.717, 1.165) is 17.0 Å².